The lowest BCUT2D eigenvalue weighted by Gasteiger charge is -2.32. The number of carbonyl (C=O) groups is 1. The summed E-state index contributed by atoms with van der Waals surface area (Å²) < 4.78 is 46.5. The van der Waals surface area contributed by atoms with Gasteiger partial charge in [0.25, 0.3) is 5.91 Å². The maximum Gasteiger partial charge on any atom is 0.410 e. The van der Waals surface area contributed by atoms with Crippen molar-refractivity contribution in [2.45, 2.75) is 44.4 Å². The molecule has 136 valence electrons. The number of fused-ring (bicyclic) bond motifs is 1. The minimum atomic E-state index is -4.48. The van der Waals surface area contributed by atoms with Gasteiger partial charge in [-0.1, -0.05) is 13.3 Å². The number of unbranched alkanes of at least 4 members (excludes halogenated alkanes) is 1. The summed E-state index contributed by atoms with van der Waals surface area (Å²) in [5, 5.41) is 9.51. The average Bonchev–Trinajstić information content (AvgIpc) is 3.22. The van der Waals surface area contributed by atoms with E-state index in [1.807, 2.05) is 6.92 Å². The normalized spacial score (nSPS) is 20.0. The maximum absolute atomic E-state index is 13.5. The molecule has 2 N–H and O–H groups in total. The first-order chi connectivity index (χ1) is 11.9. The van der Waals surface area contributed by atoms with E-state index in [0.717, 1.165) is 17.5 Å². The smallest absolute Gasteiger partial charge is 0.410 e. The highest BCUT2D eigenvalue weighted by Crippen LogP contribution is 2.43. The third kappa shape index (κ3) is 3.64. The van der Waals surface area contributed by atoms with Crippen LogP contribution in [-0.4, -0.2) is 28.4 Å². The molecule has 0 unspecified atom stereocenters. The minimum Gasteiger partial charge on any atom is -0.467 e. The van der Waals surface area contributed by atoms with E-state index < -0.39 is 24.2 Å². The average molecular weight is 356 g/mol. The van der Waals surface area contributed by atoms with Gasteiger partial charge in [-0.15, -0.1) is 0 Å². The number of carbonyl (C=O) groups excluding carboxylic acids is 1. The lowest BCUT2D eigenvalue weighted by atomic mass is 10.0. The largest absolute Gasteiger partial charge is 0.467 e. The SMILES string of the molecule is CCCCNC(=O)c1cc2n(n1)[C@@H](C(F)(F)F)C[C@H](c1ccco1)N2. The highest BCUT2D eigenvalue weighted by atomic mass is 19.4. The Balaban J connectivity index is 1.87. The van der Waals surface area contributed by atoms with Crippen LogP contribution in [0.5, 0.6) is 0 Å². The van der Waals surface area contributed by atoms with Crippen LogP contribution in [0.1, 0.15) is 54.5 Å². The van der Waals surface area contributed by atoms with Crippen molar-refractivity contribution < 1.29 is 22.4 Å². The second-order valence-electron chi connectivity index (χ2n) is 5.97. The number of nitrogens with one attached hydrogen (secondary N) is 2. The van der Waals surface area contributed by atoms with E-state index in [1.54, 1.807) is 12.1 Å². The van der Waals surface area contributed by atoms with Gasteiger partial charge >= 0.3 is 6.18 Å². The van der Waals surface area contributed by atoms with Crippen LogP contribution in [0.3, 0.4) is 0 Å². The predicted octanol–water partition coefficient (Wildman–Crippen LogP) is 3.67. The number of amides is 1. The van der Waals surface area contributed by atoms with Crippen LogP contribution in [0.15, 0.2) is 28.9 Å². The van der Waals surface area contributed by atoms with E-state index >= 15 is 0 Å². The summed E-state index contributed by atoms with van der Waals surface area (Å²) in [6, 6.07) is 2.13. The molecule has 0 saturated heterocycles. The molecule has 0 saturated carbocycles. The zero-order chi connectivity index (χ0) is 18.0. The van der Waals surface area contributed by atoms with Crippen molar-refractivity contribution in [3.63, 3.8) is 0 Å². The van der Waals surface area contributed by atoms with Crippen molar-refractivity contribution in [3.05, 3.63) is 35.9 Å². The van der Waals surface area contributed by atoms with Gasteiger partial charge in [-0.05, 0) is 18.6 Å². The van der Waals surface area contributed by atoms with E-state index in [4.69, 9.17) is 4.42 Å². The van der Waals surface area contributed by atoms with Crippen molar-refractivity contribution >= 4 is 11.7 Å². The molecule has 2 atom stereocenters. The number of anilines is 1. The molecule has 0 fully saturated rings. The van der Waals surface area contributed by atoms with Gasteiger partial charge in [-0.2, -0.15) is 18.3 Å². The molecule has 6 nitrogen and oxygen atoms in total. The van der Waals surface area contributed by atoms with Gasteiger partial charge in [0, 0.05) is 19.0 Å². The molecule has 2 aromatic rings. The highest BCUT2D eigenvalue weighted by molar-refractivity contribution is 5.93. The third-order valence-corrected chi connectivity index (χ3v) is 4.13. The van der Waals surface area contributed by atoms with Gasteiger partial charge in [0.05, 0.1) is 12.3 Å². The Morgan fingerprint density at radius 2 is 2.32 bits per heavy atom. The molecule has 1 aliphatic heterocycles. The summed E-state index contributed by atoms with van der Waals surface area (Å²) in [5.41, 5.74) is -0.0343. The molecule has 9 heteroatoms. The molecule has 0 aliphatic carbocycles. The second-order valence-corrected chi connectivity index (χ2v) is 5.97. The van der Waals surface area contributed by atoms with Crippen molar-refractivity contribution in [1.29, 1.82) is 0 Å². The molecular formula is C16H19F3N4O2. The Morgan fingerprint density at radius 1 is 1.52 bits per heavy atom. The molecule has 1 aliphatic rings. The monoisotopic (exact) mass is 356 g/mol. The summed E-state index contributed by atoms with van der Waals surface area (Å²) in [7, 11) is 0. The lowest BCUT2D eigenvalue weighted by Crippen LogP contribution is -2.35. The first kappa shape index (κ1) is 17.4. The fourth-order valence-corrected chi connectivity index (χ4v) is 2.83. The van der Waals surface area contributed by atoms with Crippen LogP contribution >= 0.6 is 0 Å². The van der Waals surface area contributed by atoms with Crippen molar-refractivity contribution in [2.24, 2.45) is 0 Å². The van der Waals surface area contributed by atoms with Crippen LogP contribution in [0.25, 0.3) is 0 Å². The molecule has 3 heterocycles. The predicted molar refractivity (Wildman–Crippen MR) is 84.2 cm³/mol. The summed E-state index contributed by atoms with van der Waals surface area (Å²) in [5.74, 6) is 0.0823. The Labute approximate surface area is 142 Å². The number of halogens is 3. The van der Waals surface area contributed by atoms with Crippen molar-refractivity contribution in [1.82, 2.24) is 15.1 Å². The van der Waals surface area contributed by atoms with Gasteiger partial charge in [-0.25, -0.2) is 4.68 Å². The van der Waals surface area contributed by atoms with Crippen LogP contribution < -0.4 is 10.6 Å². The zero-order valence-corrected chi connectivity index (χ0v) is 13.6. The number of aromatic nitrogens is 2. The van der Waals surface area contributed by atoms with Gasteiger partial charge in [0.2, 0.25) is 0 Å². The lowest BCUT2D eigenvalue weighted by molar-refractivity contribution is -0.174. The van der Waals surface area contributed by atoms with Crippen LogP contribution in [0.2, 0.25) is 0 Å². The molecule has 3 rings (SSSR count). The number of rotatable bonds is 5. The van der Waals surface area contributed by atoms with Crippen LogP contribution in [0.4, 0.5) is 19.0 Å². The third-order valence-electron chi connectivity index (χ3n) is 4.13. The minimum absolute atomic E-state index is 0.0343. The topological polar surface area (TPSA) is 72.1 Å². The summed E-state index contributed by atoms with van der Waals surface area (Å²) >= 11 is 0. The molecule has 0 bridgehead atoms. The first-order valence-electron chi connectivity index (χ1n) is 8.14. The second kappa shape index (κ2) is 6.81. The fourth-order valence-electron chi connectivity index (χ4n) is 2.83. The first-order valence-corrected chi connectivity index (χ1v) is 8.14. The van der Waals surface area contributed by atoms with Gasteiger partial charge in [0.1, 0.15) is 11.6 Å². The molecule has 25 heavy (non-hydrogen) atoms. The summed E-state index contributed by atoms with van der Waals surface area (Å²) in [6.07, 6.45) is -1.63. The highest BCUT2D eigenvalue weighted by Gasteiger charge is 2.47. The molecular weight excluding hydrogens is 337 g/mol. The fraction of sp³-hybridized carbons (Fsp3) is 0.500. The summed E-state index contributed by atoms with van der Waals surface area (Å²) in [6.45, 7) is 2.44. The number of nitrogens with zero attached hydrogens (tertiary/aromatic N) is 2. The van der Waals surface area contributed by atoms with Crippen LogP contribution in [0, 0.1) is 0 Å². The quantitative estimate of drug-likeness (QED) is 0.802. The molecule has 2 aromatic heterocycles. The molecule has 0 aromatic carbocycles. The molecule has 1 amide bonds. The van der Waals surface area contributed by atoms with Crippen molar-refractivity contribution in [3.8, 4) is 0 Å². The Kier molecular flexibility index (Phi) is 4.73. The van der Waals surface area contributed by atoms with E-state index in [2.05, 4.69) is 15.7 Å². The van der Waals surface area contributed by atoms with Crippen molar-refractivity contribution in [2.75, 3.05) is 11.9 Å². The zero-order valence-electron chi connectivity index (χ0n) is 13.6. The number of hydrogen-bond acceptors (Lipinski definition) is 4. The Morgan fingerprint density at radius 3 is 2.96 bits per heavy atom. The van der Waals surface area contributed by atoms with Gasteiger partial charge in [0.15, 0.2) is 11.7 Å². The number of furan rings is 1. The summed E-state index contributed by atoms with van der Waals surface area (Å²) in [4.78, 5) is 12.1. The van der Waals surface area contributed by atoms with Gasteiger partial charge in [-0.3, -0.25) is 4.79 Å². The van der Waals surface area contributed by atoms with E-state index in [1.165, 1.54) is 12.3 Å². The molecule has 0 spiro atoms. The Bertz CT molecular complexity index is 724. The standard InChI is InChI=1S/C16H19F3N4O2/c1-2-3-6-20-15(24)11-9-14-21-10(12-5-4-7-25-12)8-13(16(17,18)19)23(14)22-11/h4-5,7,9-10,13,21H,2-3,6,8H2,1H3,(H,20,24)/t10-,13-/m1/s1. The number of alkyl halides is 3. The number of hydrogen-bond donors (Lipinski definition) is 2. The Hall–Kier alpha value is -2.45. The maximum atomic E-state index is 13.5. The van der Waals surface area contributed by atoms with E-state index in [-0.39, 0.29) is 17.9 Å². The van der Waals surface area contributed by atoms with Crippen LogP contribution in [-0.2, 0) is 0 Å². The van der Waals surface area contributed by atoms with E-state index in [0.29, 0.717) is 12.3 Å². The van der Waals surface area contributed by atoms with Gasteiger partial charge < -0.3 is 15.1 Å². The van der Waals surface area contributed by atoms with E-state index in [9.17, 15) is 18.0 Å². The molecule has 0 radical (unpaired) electrons.